The zero-order valence-corrected chi connectivity index (χ0v) is 14.9. The molecule has 0 aliphatic heterocycles. The smallest absolute Gasteiger partial charge is 0.0797 e. The minimum Gasteiger partial charge on any atom is -0.393 e. The van der Waals surface area contributed by atoms with Crippen LogP contribution in [0.2, 0.25) is 0 Å². The third kappa shape index (κ3) is 2.92. The van der Waals surface area contributed by atoms with Crippen LogP contribution >= 0.6 is 0 Å². The molecule has 0 amide bonds. The molecule has 22 heavy (non-hydrogen) atoms. The summed E-state index contributed by atoms with van der Waals surface area (Å²) in [6.45, 7) is 16.8. The Morgan fingerprint density at radius 2 is 1.95 bits per heavy atom. The summed E-state index contributed by atoms with van der Waals surface area (Å²) in [7, 11) is 0. The van der Waals surface area contributed by atoms with E-state index in [1.165, 1.54) is 5.57 Å². The first-order chi connectivity index (χ1) is 10.0. The highest BCUT2D eigenvalue weighted by molar-refractivity contribution is 5.17. The number of rotatable bonds is 4. The van der Waals surface area contributed by atoms with Gasteiger partial charge in [-0.3, -0.25) is 0 Å². The Kier molecular flexibility index (Phi) is 4.68. The van der Waals surface area contributed by atoms with Crippen LogP contribution < -0.4 is 0 Å². The van der Waals surface area contributed by atoms with Gasteiger partial charge >= 0.3 is 0 Å². The zero-order chi connectivity index (χ0) is 16.8. The maximum atomic E-state index is 10.5. The summed E-state index contributed by atoms with van der Waals surface area (Å²) in [5.74, 6) is 0.956. The molecule has 0 aromatic rings. The van der Waals surface area contributed by atoms with Crippen LogP contribution in [-0.4, -0.2) is 21.9 Å². The first kappa shape index (κ1) is 17.7. The molecule has 0 radical (unpaired) electrons. The van der Waals surface area contributed by atoms with Crippen LogP contribution in [0.1, 0.15) is 66.2 Å². The summed E-state index contributed by atoms with van der Waals surface area (Å²) in [6, 6.07) is 0. The number of hydrogen-bond acceptors (Lipinski definition) is 2. The topological polar surface area (TPSA) is 40.5 Å². The number of hydrogen-bond donors (Lipinski definition) is 2. The van der Waals surface area contributed by atoms with Crippen LogP contribution in [0.3, 0.4) is 0 Å². The molecule has 0 spiro atoms. The molecule has 0 saturated heterocycles. The lowest BCUT2D eigenvalue weighted by Crippen LogP contribution is -2.54. The van der Waals surface area contributed by atoms with Crippen LogP contribution in [0.5, 0.6) is 0 Å². The Balaban J connectivity index is 2.25. The van der Waals surface area contributed by atoms with Gasteiger partial charge in [-0.15, -0.1) is 6.58 Å². The summed E-state index contributed by atoms with van der Waals surface area (Å²) in [5, 5.41) is 20.7. The predicted octanol–water partition coefficient (Wildman–Crippen LogP) is 4.47. The van der Waals surface area contributed by atoms with Gasteiger partial charge in [0.1, 0.15) is 0 Å². The van der Waals surface area contributed by atoms with Gasteiger partial charge in [0, 0.05) is 0 Å². The molecule has 2 N–H and O–H groups in total. The fourth-order valence-electron chi connectivity index (χ4n) is 5.24. The zero-order valence-electron chi connectivity index (χ0n) is 14.9. The van der Waals surface area contributed by atoms with E-state index in [4.69, 9.17) is 0 Å². The lowest BCUT2D eigenvalue weighted by molar-refractivity contribution is -0.126. The van der Waals surface area contributed by atoms with Gasteiger partial charge in [0.2, 0.25) is 0 Å². The first-order valence-electron chi connectivity index (χ1n) is 8.76. The number of allylic oxidation sites excluding steroid dienone is 1. The van der Waals surface area contributed by atoms with E-state index >= 15 is 0 Å². The van der Waals surface area contributed by atoms with E-state index in [2.05, 4.69) is 33.9 Å². The number of fused-ring (bicyclic) bond motifs is 1. The molecule has 0 aromatic carbocycles. The highest BCUT2D eigenvalue weighted by Gasteiger charge is 2.55. The summed E-state index contributed by atoms with van der Waals surface area (Å²) < 4.78 is 0. The van der Waals surface area contributed by atoms with Gasteiger partial charge in [-0.1, -0.05) is 39.0 Å². The number of aliphatic hydroxyl groups is 2. The van der Waals surface area contributed by atoms with Gasteiger partial charge < -0.3 is 10.2 Å². The van der Waals surface area contributed by atoms with Crippen molar-refractivity contribution in [2.45, 2.75) is 77.9 Å². The van der Waals surface area contributed by atoms with Gasteiger partial charge in [0.25, 0.3) is 0 Å². The standard InChI is InChI=1S/C20H34O2/c1-7-19(5,22)12-10-15-14(2)8-9-16-18(3,4)17(21)11-13-20(15,16)6/h7,15-17,21-22H,1-2,8-13H2,3-6H3/t15-,16-,17-,19+,20+/m0/s1. The second-order valence-electron chi connectivity index (χ2n) is 8.78. The lowest BCUT2D eigenvalue weighted by atomic mass is 9.46. The third-order valence-electron chi connectivity index (χ3n) is 6.93. The highest BCUT2D eigenvalue weighted by atomic mass is 16.3. The second kappa shape index (κ2) is 5.79. The average Bonchev–Trinajstić information content (AvgIpc) is 2.42. The van der Waals surface area contributed by atoms with E-state index in [1.807, 2.05) is 6.92 Å². The summed E-state index contributed by atoms with van der Waals surface area (Å²) in [6.07, 6.45) is 7.25. The molecular formula is C20H34O2. The van der Waals surface area contributed by atoms with Crippen molar-refractivity contribution in [2.75, 3.05) is 0 Å². The quantitative estimate of drug-likeness (QED) is 0.752. The Morgan fingerprint density at radius 1 is 1.32 bits per heavy atom. The van der Waals surface area contributed by atoms with Crippen molar-refractivity contribution in [1.29, 1.82) is 0 Å². The average molecular weight is 306 g/mol. The second-order valence-corrected chi connectivity index (χ2v) is 8.78. The minimum absolute atomic E-state index is 0.0348. The Labute approximate surface area is 136 Å². The molecule has 2 nitrogen and oxygen atoms in total. The van der Waals surface area contributed by atoms with E-state index < -0.39 is 5.60 Å². The largest absolute Gasteiger partial charge is 0.393 e. The first-order valence-corrected chi connectivity index (χ1v) is 8.76. The maximum absolute atomic E-state index is 10.5. The maximum Gasteiger partial charge on any atom is 0.0797 e. The molecule has 0 unspecified atom stereocenters. The van der Waals surface area contributed by atoms with E-state index in [-0.39, 0.29) is 16.9 Å². The summed E-state index contributed by atoms with van der Waals surface area (Å²) in [4.78, 5) is 0. The Bertz CT molecular complexity index is 449. The van der Waals surface area contributed by atoms with Gasteiger partial charge in [0.05, 0.1) is 11.7 Å². The highest BCUT2D eigenvalue weighted by Crippen LogP contribution is 2.61. The summed E-state index contributed by atoms with van der Waals surface area (Å²) >= 11 is 0. The Morgan fingerprint density at radius 3 is 2.55 bits per heavy atom. The van der Waals surface area contributed by atoms with Gasteiger partial charge in [-0.05, 0) is 68.1 Å². The van der Waals surface area contributed by atoms with Crippen LogP contribution in [0, 0.1) is 22.7 Å². The molecule has 2 fully saturated rings. The van der Waals surface area contributed by atoms with Gasteiger partial charge in [0.15, 0.2) is 0 Å². The fraction of sp³-hybridized carbons (Fsp3) is 0.800. The van der Waals surface area contributed by atoms with Gasteiger partial charge in [-0.25, -0.2) is 0 Å². The van der Waals surface area contributed by atoms with Crippen LogP contribution in [-0.2, 0) is 0 Å². The van der Waals surface area contributed by atoms with Crippen molar-refractivity contribution in [2.24, 2.45) is 22.7 Å². The molecule has 0 bridgehead atoms. The predicted molar refractivity (Wildman–Crippen MR) is 92.5 cm³/mol. The van der Waals surface area contributed by atoms with Crippen LogP contribution in [0.15, 0.2) is 24.8 Å². The van der Waals surface area contributed by atoms with E-state index in [0.717, 1.165) is 38.5 Å². The number of aliphatic hydroxyl groups excluding tert-OH is 1. The van der Waals surface area contributed by atoms with Crippen molar-refractivity contribution < 1.29 is 10.2 Å². The molecule has 0 aromatic heterocycles. The normalized spacial score (nSPS) is 40.6. The fourth-order valence-corrected chi connectivity index (χ4v) is 5.24. The Hall–Kier alpha value is -0.600. The van der Waals surface area contributed by atoms with Crippen molar-refractivity contribution >= 4 is 0 Å². The van der Waals surface area contributed by atoms with Crippen molar-refractivity contribution in [3.63, 3.8) is 0 Å². The summed E-state index contributed by atoms with van der Waals surface area (Å²) in [5.41, 5.74) is 0.695. The molecule has 2 heteroatoms. The van der Waals surface area contributed by atoms with E-state index in [9.17, 15) is 10.2 Å². The van der Waals surface area contributed by atoms with Crippen LogP contribution in [0.4, 0.5) is 0 Å². The lowest BCUT2D eigenvalue weighted by Gasteiger charge is -2.59. The van der Waals surface area contributed by atoms with Crippen molar-refractivity contribution in [3.05, 3.63) is 24.8 Å². The molecule has 0 heterocycles. The van der Waals surface area contributed by atoms with E-state index in [0.29, 0.717) is 11.8 Å². The minimum atomic E-state index is -0.798. The molecule has 2 saturated carbocycles. The molecule has 2 aliphatic rings. The van der Waals surface area contributed by atoms with Crippen LogP contribution in [0.25, 0.3) is 0 Å². The monoisotopic (exact) mass is 306 g/mol. The van der Waals surface area contributed by atoms with Crippen molar-refractivity contribution in [3.8, 4) is 0 Å². The molecule has 2 aliphatic carbocycles. The van der Waals surface area contributed by atoms with Gasteiger partial charge in [-0.2, -0.15) is 0 Å². The molecular weight excluding hydrogens is 272 g/mol. The van der Waals surface area contributed by atoms with Crippen molar-refractivity contribution in [1.82, 2.24) is 0 Å². The third-order valence-corrected chi connectivity index (χ3v) is 6.93. The molecule has 126 valence electrons. The molecule has 5 atom stereocenters. The molecule has 2 rings (SSSR count). The SMILES string of the molecule is C=C[C@@](C)(O)CC[C@H]1C(=C)CC[C@H]2C(C)(C)[C@@H](O)CC[C@]12C. The van der Waals surface area contributed by atoms with E-state index in [1.54, 1.807) is 6.08 Å².